The average molecular weight is 403 g/mol. The van der Waals surface area contributed by atoms with Gasteiger partial charge >= 0.3 is 6.18 Å². The normalized spacial score (nSPS) is 12.4. The first-order chi connectivity index (χ1) is 13.7. The van der Waals surface area contributed by atoms with Gasteiger partial charge in [-0.15, -0.1) is 0 Å². The maximum absolute atomic E-state index is 12.3. The molecule has 10 heteroatoms. The molecule has 0 aliphatic rings. The highest BCUT2D eigenvalue weighted by Crippen LogP contribution is 2.30. The molecule has 0 fully saturated rings. The average Bonchev–Trinajstić information content (AvgIpc) is 3.19. The molecular weight excluding hydrogens is 383 g/mol. The lowest BCUT2D eigenvalue weighted by Crippen LogP contribution is -2.15. The summed E-state index contributed by atoms with van der Waals surface area (Å²) in [6.45, 7) is 5.86. The number of H-pyrrole nitrogens is 1. The summed E-state index contributed by atoms with van der Waals surface area (Å²) >= 11 is 0. The lowest BCUT2D eigenvalue weighted by Gasteiger charge is -2.11. The topological polar surface area (TPSA) is 84.3 Å². The van der Waals surface area contributed by atoms with Crippen molar-refractivity contribution in [3.8, 4) is 11.1 Å². The van der Waals surface area contributed by atoms with Gasteiger partial charge in [0.2, 0.25) is 5.95 Å². The molecule has 0 unspecified atom stereocenters. The molecule has 0 saturated carbocycles. The van der Waals surface area contributed by atoms with Gasteiger partial charge in [0.1, 0.15) is 11.5 Å². The number of pyridine rings is 1. The van der Waals surface area contributed by atoms with E-state index in [-0.39, 0.29) is 18.5 Å². The molecule has 4 aromatic rings. The summed E-state index contributed by atoms with van der Waals surface area (Å²) in [5.41, 5.74) is 3.92. The second-order valence-corrected chi connectivity index (χ2v) is 7.14. The Balaban J connectivity index is 1.67. The van der Waals surface area contributed by atoms with Gasteiger partial charge in [-0.25, -0.2) is 15.0 Å². The van der Waals surface area contributed by atoms with Crippen LogP contribution in [0.2, 0.25) is 0 Å². The zero-order valence-electron chi connectivity index (χ0n) is 16.2. The van der Waals surface area contributed by atoms with Gasteiger partial charge in [-0.2, -0.15) is 18.2 Å². The summed E-state index contributed by atoms with van der Waals surface area (Å²) in [5, 5.41) is 3.37. The Morgan fingerprint density at radius 1 is 1.17 bits per heavy atom. The maximum atomic E-state index is 12.3. The van der Waals surface area contributed by atoms with Gasteiger partial charge < -0.3 is 14.9 Å². The van der Waals surface area contributed by atoms with Crippen LogP contribution in [0, 0.1) is 6.92 Å². The number of hydrogen-bond acceptors (Lipinski definition) is 5. The van der Waals surface area contributed by atoms with Crippen LogP contribution in [0.15, 0.2) is 24.7 Å². The lowest BCUT2D eigenvalue weighted by molar-refractivity contribution is -0.131. The molecule has 4 rings (SSSR count). The van der Waals surface area contributed by atoms with Crippen LogP contribution in [-0.4, -0.2) is 42.2 Å². The molecule has 0 bridgehead atoms. The Kier molecular flexibility index (Phi) is 4.64. The molecule has 29 heavy (non-hydrogen) atoms. The summed E-state index contributed by atoms with van der Waals surface area (Å²) in [7, 11) is 0. The second kappa shape index (κ2) is 7.02. The minimum atomic E-state index is -4.22. The molecule has 2 N–H and O–H groups in total. The molecule has 7 nitrogen and oxygen atoms in total. The van der Waals surface area contributed by atoms with Crippen LogP contribution < -0.4 is 5.32 Å². The summed E-state index contributed by atoms with van der Waals surface area (Å²) in [6.07, 6.45) is -0.0241. The molecule has 0 aliphatic carbocycles. The van der Waals surface area contributed by atoms with Crippen LogP contribution in [0.1, 0.15) is 32.1 Å². The SMILES string of the molecule is Cc1nc2ncc(-c3c[nH]c4nc(NCCC(F)(F)F)ncc34)cc2n1C(C)C. The number of rotatable bonds is 5. The zero-order chi connectivity index (χ0) is 20.8. The largest absolute Gasteiger partial charge is 0.390 e. The Hall–Kier alpha value is -3.17. The number of imidazole rings is 1. The van der Waals surface area contributed by atoms with Crippen LogP contribution in [0.25, 0.3) is 33.3 Å². The van der Waals surface area contributed by atoms with Gasteiger partial charge in [-0.3, -0.25) is 0 Å². The predicted molar refractivity (Wildman–Crippen MR) is 105 cm³/mol. The summed E-state index contributed by atoms with van der Waals surface area (Å²) in [4.78, 5) is 20.5. The van der Waals surface area contributed by atoms with Crippen molar-refractivity contribution in [1.82, 2.24) is 29.5 Å². The highest BCUT2D eigenvalue weighted by Gasteiger charge is 2.26. The molecule has 0 saturated heterocycles. The zero-order valence-corrected chi connectivity index (χ0v) is 16.2. The standard InChI is InChI=1S/C19H20F3N7/c1-10(2)29-11(3)27-17-15(29)6-12(7-24-17)13-8-25-16-14(13)9-26-18(28-16)23-5-4-19(20,21)22/h6-10H,4-5H2,1-3H3,(H2,23,25,26,28). The fraction of sp³-hybridized carbons (Fsp3) is 0.368. The van der Waals surface area contributed by atoms with Crippen molar-refractivity contribution >= 4 is 28.1 Å². The third kappa shape index (κ3) is 3.74. The number of aromatic nitrogens is 6. The van der Waals surface area contributed by atoms with Crippen LogP contribution in [0.4, 0.5) is 19.1 Å². The number of hydrogen-bond donors (Lipinski definition) is 2. The Morgan fingerprint density at radius 3 is 2.69 bits per heavy atom. The van der Waals surface area contributed by atoms with E-state index >= 15 is 0 Å². The van der Waals surface area contributed by atoms with Gasteiger partial charge in [0.25, 0.3) is 0 Å². The van der Waals surface area contributed by atoms with Gasteiger partial charge in [-0.05, 0) is 26.8 Å². The monoisotopic (exact) mass is 403 g/mol. The smallest absolute Gasteiger partial charge is 0.354 e. The van der Waals surface area contributed by atoms with E-state index in [0.717, 1.165) is 27.9 Å². The highest BCUT2D eigenvalue weighted by atomic mass is 19.4. The van der Waals surface area contributed by atoms with Crippen molar-refractivity contribution in [2.24, 2.45) is 0 Å². The van der Waals surface area contributed by atoms with Crippen LogP contribution in [0.3, 0.4) is 0 Å². The van der Waals surface area contributed by atoms with Crippen molar-refractivity contribution in [2.45, 2.75) is 39.4 Å². The summed E-state index contributed by atoms with van der Waals surface area (Å²) < 4.78 is 39.0. The van der Waals surface area contributed by atoms with Crippen LogP contribution in [0.5, 0.6) is 0 Å². The minimum Gasteiger partial charge on any atom is -0.354 e. The van der Waals surface area contributed by atoms with Crippen LogP contribution in [-0.2, 0) is 0 Å². The van der Waals surface area contributed by atoms with E-state index in [1.165, 1.54) is 0 Å². The number of nitrogens with one attached hydrogen (secondary N) is 2. The van der Waals surface area contributed by atoms with Crippen LogP contribution >= 0.6 is 0 Å². The lowest BCUT2D eigenvalue weighted by atomic mass is 10.1. The van der Waals surface area contributed by atoms with Crippen molar-refractivity contribution in [1.29, 1.82) is 0 Å². The Morgan fingerprint density at radius 2 is 1.97 bits per heavy atom. The molecule has 4 aromatic heterocycles. The highest BCUT2D eigenvalue weighted by molar-refractivity contribution is 5.95. The molecule has 0 aromatic carbocycles. The van der Waals surface area contributed by atoms with Crippen molar-refractivity contribution in [2.75, 3.05) is 11.9 Å². The first-order valence-electron chi connectivity index (χ1n) is 9.22. The van der Waals surface area contributed by atoms with Crippen molar-refractivity contribution < 1.29 is 13.2 Å². The van der Waals surface area contributed by atoms with E-state index in [1.807, 2.05) is 13.0 Å². The van der Waals surface area contributed by atoms with E-state index in [0.29, 0.717) is 11.3 Å². The van der Waals surface area contributed by atoms with Gasteiger partial charge in [0.05, 0.1) is 11.9 Å². The molecule has 152 valence electrons. The fourth-order valence-electron chi connectivity index (χ4n) is 3.44. The van der Waals surface area contributed by atoms with Gasteiger partial charge in [0.15, 0.2) is 5.65 Å². The number of fused-ring (bicyclic) bond motifs is 2. The molecule has 0 radical (unpaired) electrons. The third-order valence-electron chi connectivity index (χ3n) is 4.67. The maximum Gasteiger partial charge on any atom is 0.390 e. The molecule has 0 spiro atoms. The number of aryl methyl sites for hydroxylation is 1. The van der Waals surface area contributed by atoms with Gasteiger partial charge in [-0.1, -0.05) is 0 Å². The van der Waals surface area contributed by atoms with E-state index < -0.39 is 12.6 Å². The number of anilines is 1. The van der Waals surface area contributed by atoms with E-state index in [9.17, 15) is 13.2 Å². The van der Waals surface area contributed by atoms with Gasteiger partial charge in [0, 0.05) is 47.7 Å². The molecule has 0 amide bonds. The number of aromatic amines is 1. The third-order valence-corrected chi connectivity index (χ3v) is 4.67. The first-order valence-corrected chi connectivity index (χ1v) is 9.22. The number of alkyl halides is 3. The molecule has 0 aliphatic heterocycles. The van der Waals surface area contributed by atoms with E-state index in [4.69, 9.17) is 0 Å². The number of halogens is 3. The molecule has 0 atom stereocenters. The van der Waals surface area contributed by atoms with E-state index in [1.54, 1.807) is 18.6 Å². The minimum absolute atomic E-state index is 0.150. The fourth-order valence-corrected chi connectivity index (χ4v) is 3.44. The summed E-state index contributed by atoms with van der Waals surface area (Å²) in [5.74, 6) is 1.05. The Bertz CT molecular complexity index is 1170. The Labute approximate surface area is 164 Å². The van der Waals surface area contributed by atoms with Crippen molar-refractivity contribution in [3.05, 3.63) is 30.5 Å². The predicted octanol–water partition coefficient (Wildman–Crippen LogP) is 4.62. The number of nitrogens with zero attached hydrogens (tertiary/aromatic N) is 5. The molecule has 4 heterocycles. The quantitative estimate of drug-likeness (QED) is 0.508. The second-order valence-electron chi connectivity index (χ2n) is 7.14. The first kappa shape index (κ1) is 19.2. The van der Waals surface area contributed by atoms with E-state index in [2.05, 4.69) is 48.7 Å². The van der Waals surface area contributed by atoms with Crippen molar-refractivity contribution in [3.63, 3.8) is 0 Å². The molecular formula is C19H20F3N7. The summed E-state index contributed by atoms with van der Waals surface area (Å²) in [6, 6.07) is 2.27.